The van der Waals surface area contributed by atoms with Crippen LogP contribution in [0.3, 0.4) is 0 Å². The molecule has 0 aromatic heterocycles. The predicted octanol–water partition coefficient (Wildman–Crippen LogP) is 1.87. The molecular formula is C10H12ClFN4. The number of rotatable bonds is 2. The molecular weight excluding hydrogens is 231 g/mol. The van der Waals surface area contributed by atoms with E-state index in [1.165, 1.54) is 6.07 Å². The summed E-state index contributed by atoms with van der Waals surface area (Å²) in [5.74, 6) is 5.13. The van der Waals surface area contributed by atoms with Gasteiger partial charge in [0.05, 0.1) is 16.8 Å². The van der Waals surface area contributed by atoms with Crippen molar-refractivity contribution in [1.29, 1.82) is 0 Å². The normalized spacial score (nSPS) is 16.1. The zero-order valence-electron chi connectivity index (χ0n) is 8.50. The lowest BCUT2D eigenvalue weighted by Crippen LogP contribution is -2.36. The summed E-state index contributed by atoms with van der Waals surface area (Å²) in [6, 6.07) is 5.00. The molecule has 1 aromatic carbocycles. The number of hydrazine groups is 1. The molecule has 0 saturated heterocycles. The fourth-order valence-corrected chi connectivity index (χ4v) is 1.39. The number of hydrogen-bond acceptors (Lipinski definition) is 2. The fourth-order valence-electron chi connectivity index (χ4n) is 1.22. The van der Waals surface area contributed by atoms with Crippen LogP contribution in [0.15, 0.2) is 23.2 Å². The largest absolute Gasteiger partial charge is 0.323 e. The Morgan fingerprint density at radius 1 is 1.50 bits per heavy atom. The van der Waals surface area contributed by atoms with Gasteiger partial charge in [0, 0.05) is 0 Å². The molecule has 0 amide bonds. The van der Waals surface area contributed by atoms with Gasteiger partial charge in [0.25, 0.3) is 0 Å². The van der Waals surface area contributed by atoms with Gasteiger partial charge in [0.1, 0.15) is 0 Å². The van der Waals surface area contributed by atoms with Crippen LogP contribution in [0.4, 0.5) is 10.1 Å². The Morgan fingerprint density at radius 2 is 2.25 bits per heavy atom. The van der Waals surface area contributed by atoms with Crippen LogP contribution in [0.25, 0.3) is 0 Å². The van der Waals surface area contributed by atoms with Gasteiger partial charge in [-0.3, -0.25) is 5.43 Å². The minimum atomic E-state index is -0.511. The van der Waals surface area contributed by atoms with Crippen molar-refractivity contribution in [3.63, 3.8) is 0 Å². The number of nitrogens with two attached hydrogens (primary N) is 1. The molecule has 1 saturated carbocycles. The Bertz CT molecular complexity index is 417. The summed E-state index contributed by atoms with van der Waals surface area (Å²) < 4.78 is 13.5. The molecule has 0 spiro atoms. The lowest BCUT2D eigenvalue weighted by atomic mass is 10.3. The van der Waals surface area contributed by atoms with Crippen LogP contribution >= 0.6 is 11.6 Å². The third-order valence-electron chi connectivity index (χ3n) is 2.20. The van der Waals surface area contributed by atoms with Gasteiger partial charge < -0.3 is 5.32 Å². The molecule has 6 heteroatoms. The van der Waals surface area contributed by atoms with Crippen molar-refractivity contribution in [3.8, 4) is 0 Å². The van der Waals surface area contributed by atoms with E-state index in [4.69, 9.17) is 17.4 Å². The first-order chi connectivity index (χ1) is 7.70. The number of hydrogen-bond donors (Lipinski definition) is 3. The molecule has 0 heterocycles. The Balaban J connectivity index is 2.15. The van der Waals surface area contributed by atoms with Crippen LogP contribution in [0.2, 0.25) is 5.02 Å². The Kier molecular flexibility index (Phi) is 3.26. The fraction of sp³-hybridized carbons (Fsp3) is 0.300. The van der Waals surface area contributed by atoms with Crippen molar-refractivity contribution in [3.05, 3.63) is 29.0 Å². The molecule has 1 aliphatic carbocycles. The van der Waals surface area contributed by atoms with E-state index in [1.54, 1.807) is 12.1 Å². The minimum Gasteiger partial charge on any atom is -0.323 e. The molecule has 4 nitrogen and oxygen atoms in total. The number of nitrogens with one attached hydrogen (secondary N) is 2. The summed E-state index contributed by atoms with van der Waals surface area (Å²) in [6.07, 6.45) is 2.09. The standard InChI is InChI=1S/C10H12ClFN4/c11-7-2-1-3-8(9(7)12)15-10(16-13)14-6-4-5-6/h1-3,6H,4-5,13H2,(H2,14,15,16). The maximum Gasteiger partial charge on any atom is 0.210 e. The topological polar surface area (TPSA) is 62.4 Å². The lowest BCUT2D eigenvalue weighted by Gasteiger charge is -2.10. The number of halogens is 2. The van der Waals surface area contributed by atoms with E-state index in [0.29, 0.717) is 12.0 Å². The highest BCUT2D eigenvalue weighted by Gasteiger charge is 2.21. The second-order valence-electron chi connectivity index (χ2n) is 3.58. The van der Waals surface area contributed by atoms with Crippen molar-refractivity contribution in [2.24, 2.45) is 10.8 Å². The first-order valence-corrected chi connectivity index (χ1v) is 5.34. The van der Waals surface area contributed by atoms with Crippen LogP contribution in [-0.2, 0) is 0 Å². The number of guanidine groups is 1. The summed E-state index contributed by atoms with van der Waals surface area (Å²) in [5.41, 5.74) is 2.65. The van der Waals surface area contributed by atoms with E-state index in [-0.39, 0.29) is 10.7 Å². The smallest absolute Gasteiger partial charge is 0.210 e. The quantitative estimate of drug-likeness (QED) is 0.321. The molecule has 0 aliphatic heterocycles. The van der Waals surface area contributed by atoms with Crippen LogP contribution in [-0.4, -0.2) is 12.0 Å². The van der Waals surface area contributed by atoms with E-state index in [9.17, 15) is 4.39 Å². The molecule has 0 radical (unpaired) electrons. The zero-order valence-corrected chi connectivity index (χ0v) is 9.26. The van der Waals surface area contributed by atoms with Gasteiger partial charge in [-0.2, -0.15) is 0 Å². The highest BCUT2D eigenvalue weighted by atomic mass is 35.5. The summed E-state index contributed by atoms with van der Waals surface area (Å²) >= 11 is 5.65. The van der Waals surface area contributed by atoms with Crippen LogP contribution in [0.5, 0.6) is 0 Å². The average molecular weight is 243 g/mol. The van der Waals surface area contributed by atoms with Gasteiger partial charge >= 0.3 is 0 Å². The van der Waals surface area contributed by atoms with E-state index in [2.05, 4.69) is 15.7 Å². The number of nitrogens with zero attached hydrogens (tertiary/aromatic N) is 1. The molecule has 86 valence electrons. The van der Waals surface area contributed by atoms with Gasteiger partial charge in [-0.25, -0.2) is 15.2 Å². The maximum atomic E-state index is 13.5. The Labute approximate surface area is 97.7 Å². The van der Waals surface area contributed by atoms with Crippen molar-refractivity contribution < 1.29 is 4.39 Å². The van der Waals surface area contributed by atoms with E-state index < -0.39 is 5.82 Å². The maximum absolute atomic E-state index is 13.5. The van der Waals surface area contributed by atoms with Crippen molar-refractivity contribution >= 4 is 23.2 Å². The lowest BCUT2D eigenvalue weighted by molar-refractivity contribution is 0.632. The van der Waals surface area contributed by atoms with Crippen LogP contribution in [0, 0.1) is 5.82 Å². The highest BCUT2D eigenvalue weighted by molar-refractivity contribution is 6.31. The predicted molar refractivity (Wildman–Crippen MR) is 62.8 cm³/mol. The Morgan fingerprint density at radius 3 is 2.88 bits per heavy atom. The molecule has 1 aromatic rings. The third-order valence-corrected chi connectivity index (χ3v) is 2.49. The summed E-state index contributed by atoms with van der Waals surface area (Å²) in [5, 5.41) is 2.83. The second kappa shape index (κ2) is 4.67. The molecule has 1 fully saturated rings. The number of benzene rings is 1. The van der Waals surface area contributed by atoms with Crippen LogP contribution < -0.4 is 16.6 Å². The van der Waals surface area contributed by atoms with E-state index in [1.807, 2.05) is 0 Å². The molecule has 0 bridgehead atoms. The third kappa shape index (κ3) is 2.62. The molecule has 16 heavy (non-hydrogen) atoms. The average Bonchev–Trinajstić information content (AvgIpc) is 3.07. The van der Waals surface area contributed by atoms with Gasteiger partial charge in [-0.05, 0) is 25.0 Å². The monoisotopic (exact) mass is 242 g/mol. The highest BCUT2D eigenvalue weighted by Crippen LogP contribution is 2.25. The molecule has 1 aliphatic rings. The van der Waals surface area contributed by atoms with Crippen molar-refractivity contribution in [2.45, 2.75) is 18.9 Å². The second-order valence-corrected chi connectivity index (χ2v) is 3.99. The Hall–Kier alpha value is -1.33. The number of anilines is 1. The van der Waals surface area contributed by atoms with Gasteiger partial charge in [-0.15, -0.1) is 0 Å². The first kappa shape index (κ1) is 11.2. The SMILES string of the molecule is NNC(=NC1CC1)Nc1cccc(Cl)c1F. The zero-order chi connectivity index (χ0) is 11.5. The van der Waals surface area contributed by atoms with Gasteiger partial charge in [0.2, 0.25) is 5.96 Å². The van der Waals surface area contributed by atoms with Gasteiger partial charge in [-0.1, -0.05) is 17.7 Å². The minimum absolute atomic E-state index is 0.0628. The van der Waals surface area contributed by atoms with Crippen molar-refractivity contribution in [2.75, 3.05) is 5.32 Å². The van der Waals surface area contributed by atoms with E-state index in [0.717, 1.165) is 12.8 Å². The summed E-state index contributed by atoms with van der Waals surface area (Å²) in [6.45, 7) is 0. The van der Waals surface area contributed by atoms with E-state index >= 15 is 0 Å². The molecule has 0 atom stereocenters. The van der Waals surface area contributed by atoms with Gasteiger partial charge in [0.15, 0.2) is 5.82 Å². The molecule has 4 N–H and O–H groups in total. The summed E-state index contributed by atoms with van der Waals surface area (Å²) in [4.78, 5) is 4.23. The summed E-state index contributed by atoms with van der Waals surface area (Å²) in [7, 11) is 0. The van der Waals surface area contributed by atoms with Crippen LogP contribution in [0.1, 0.15) is 12.8 Å². The first-order valence-electron chi connectivity index (χ1n) is 4.96. The number of aliphatic imine (C=N–C) groups is 1. The van der Waals surface area contributed by atoms with Crippen molar-refractivity contribution in [1.82, 2.24) is 5.43 Å². The molecule has 2 rings (SSSR count). The molecule has 0 unspecified atom stereocenters.